The third kappa shape index (κ3) is 1.96. The van der Waals surface area contributed by atoms with Crippen LogP contribution in [0.5, 0.6) is 0 Å². The Labute approximate surface area is 101 Å². The van der Waals surface area contributed by atoms with Gasteiger partial charge in [-0.1, -0.05) is 0 Å². The largest absolute Gasteiger partial charge is 0.354 e. The fourth-order valence-corrected chi connectivity index (χ4v) is 2.27. The summed E-state index contributed by atoms with van der Waals surface area (Å²) >= 11 is 0. The molecule has 4 nitrogen and oxygen atoms in total. The number of nitrogens with zero attached hydrogens (tertiary/aromatic N) is 4. The van der Waals surface area contributed by atoms with Crippen LogP contribution in [-0.4, -0.2) is 48.1 Å². The second-order valence-corrected chi connectivity index (χ2v) is 4.52. The molecule has 88 valence electrons. The van der Waals surface area contributed by atoms with Crippen LogP contribution in [0.15, 0.2) is 30.7 Å². The second-order valence-electron chi connectivity index (χ2n) is 4.52. The van der Waals surface area contributed by atoms with E-state index in [1.54, 1.807) is 0 Å². The van der Waals surface area contributed by atoms with E-state index in [4.69, 9.17) is 0 Å². The molecular weight excluding hydrogens is 212 g/mol. The molecule has 0 saturated carbocycles. The summed E-state index contributed by atoms with van der Waals surface area (Å²) in [7, 11) is 2.16. The summed E-state index contributed by atoms with van der Waals surface area (Å²) < 4.78 is 0. The normalized spacial score (nSPS) is 17.6. The quantitative estimate of drug-likeness (QED) is 0.738. The van der Waals surface area contributed by atoms with Crippen molar-refractivity contribution >= 4 is 16.6 Å². The van der Waals surface area contributed by atoms with Crippen LogP contribution in [0.4, 0.5) is 5.82 Å². The first-order chi connectivity index (χ1) is 8.34. The predicted molar refractivity (Wildman–Crippen MR) is 69.2 cm³/mol. The number of anilines is 1. The number of hydrogen-bond donors (Lipinski definition) is 0. The molecule has 17 heavy (non-hydrogen) atoms. The van der Waals surface area contributed by atoms with E-state index >= 15 is 0 Å². The Morgan fingerprint density at radius 1 is 1.06 bits per heavy atom. The molecule has 3 rings (SSSR count). The SMILES string of the molecule is CN1CCN(c2nccc3cnccc23)CC1. The second kappa shape index (κ2) is 4.30. The predicted octanol–water partition coefficient (Wildman–Crippen LogP) is 1.38. The van der Waals surface area contributed by atoms with Crippen molar-refractivity contribution < 1.29 is 0 Å². The fraction of sp³-hybridized carbons (Fsp3) is 0.385. The Morgan fingerprint density at radius 2 is 1.88 bits per heavy atom. The molecule has 1 fully saturated rings. The highest BCUT2D eigenvalue weighted by Crippen LogP contribution is 2.23. The van der Waals surface area contributed by atoms with Gasteiger partial charge in [-0.2, -0.15) is 0 Å². The van der Waals surface area contributed by atoms with Crippen LogP contribution in [0.1, 0.15) is 0 Å². The maximum atomic E-state index is 4.54. The van der Waals surface area contributed by atoms with Crippen molar-refractivity contribution in [3.8, 4) is 0 Å². The van der Waals surface area contributed by atoms with E-state index in [-0.39, 0.29) is 0 Å². The summed E-state index contributed by atoms with van der Waals surface area (Å²) in [4.78, 5) is 13.4. The lowest BCUT2D eigenvalue weighted by atomic mass is 10.2. The topological polar surface area (TPSA) is 32.3 Å². The Hall–Kier alpha value is -1.68. The third-order valence-electron chi connectivity index (χ3n) is 3.35. The number of aromatic nitrogens is 2. The van der Waals surface area contributed by atoms with Gasteiger partial charge >= 0.3 is 0 Å². The standard InChI is InChI=1S/C13H16N4/c1-16-6-8-17(9-7-16)13-12-3-4-14-10-11(12)2-5-15-13/h2-5,10H,6-9H2,1H3. The molecule has 0 N–H and O–H groups in total. The molecule has 0 unspecified atom stereocenters. The number of fused-ring (bicyclic) bond motifs is 1. The Bertz CT molecular complexity index is 512. The minimum absolute atomic E-state index is 1.05. The Balaban J connectivity index is 2.00. The highest BCUT2D eigenvalue weighted by atomic mass is 15.3. The molecular formula is C13H16N4. The van der Waals surface area contributed by atoms with Crippen LogP contribution in [-0.2, 0) is 0 Å². The molecule has 0 atom stereocenters. The lowest BCUT2D eigenvalue weighted by Gasteiger charge is -2.33. The Morgan fingerprint density at radius 3 is 2.71 bits per heavy atom. The van der Waals surface area contributed by atoms with E-state index in [2.05, 4.69) is 32.9 Å². The minimum Gasteiger partial charge on any atom is -0.354 e. The van der Waals surface area contributed by atoms with Gasteiger partial charge in [0.2, 0.25) is 0 Å². The fourth-order valence-electron chi connectivity index (χ4n) is 2.27. The number of rotatable bonds is 1. The molecule has 0 amide bonds. The van der Waals surface area contributed by atoms with E-state index in [9.17, 15) is 0 Å². The molecule has 1 aliphatic rings. The van der Waals surface area contributed by atoms with Crippen molar-refractivity contribution in [1.29, 1.82) is 0 Å². The number of pyridine rings is 2. The van der Waals surface area contributed by atoms with Gasteiger partial charge in [0.05, 0.1) is 0 Å². The number of piperazine rings is 1. The van der Waals surface area contributed by atoms with Crippen molar-refractivity contribution in [3.63, 3.8) is 0 Å². The maximum Gasteiger partial charge on any atom is 0.136 e. The molecule has 0 aliphatic carbocycles. The molecule has 0 spiro atoms. The third-order valence-corrected chi connectivity index (χ3v) is 3.35. The molecule has 0 bridgehead atoms. The molecule has 2 aromatic rings. The maximum absolute atomic E-state index is 4.54. The van der Waals surface area contributed by atoms with Crippen LogP contribution in [0, 0.1) is 0 Å². The average molecular weight is 228 g/mol. The molecule has 2 aromatic heterocycles. The summed E-state index contributed by atoms with van der Waals surface area (Å²) in [5.74, 6) is 1.10. The molecule has 4 heteroatoms. The van der Waals surface area contributed by atoms with Gasteiger partial charge in [0.25, 0.3) is 0 Å². The first-order valence-corrected chi connectivity index (χ1v) is 5.97. The van der Waals surface area contributed by atoms with Crippen molar-refractivity contribution in [1.82, 2.24) is 14.9 Å². The van der Waals surface area contributed by atoms with Gasteiger partial charge < -0.3 is 9.80 Å². The van der Waals surface area contributed by atoms with E-state index in [0.717, 1.165) is 37.4 Å². The van der Waals surface area contributed by atoms with Gasteiger partial charge in [-0.05, 0) is 19.2 Å². The zero-order chi connectivity index (χ0) is 11.7. The first kappa shape index (κ1) is 10.5. The Kier molecular flexibility index (Phi) is 2.65. The van der Waals surface area contributed by atoms with Gasteiger partial charge in [-0.25, -0.2) is 4.98 Å². The van der Waals surface area contributed by atoms with E-state index in [1.807, 2.05) is 24.7 Å². The van der Waals surface area contributed by atoms with E-state index < -0.39 is 0 Å². The molecule has 1 aliphatic heterocycles. The van der Waals surface area contributed by atoms with Crippen molar-refractivity contribution in [2.75, 3.05) is 38.1 Å². The smallest absolute Gasteiger partial charge is 0.136 e. The van der Waals surface area contributed by atoms with E-state index in [0.29, 0.717) is 0 Å². The lowest BCUT2D eigenvalue weighted by molar-refractivity contribution is 0.312. The van der Waals surface area contributed by atoms with Crippen molar-refractivity contribution in [3.05, 3.63) is 30.7 Å². The monoisotopic (exact) mass is 228 g/mol. The summed E-state index contributed by atoms with van der Waals surface area (Å²) in [6.45, 7) is 4.29. The van der Waals surface area contributed by atoms with Crippen LogP contribution < -0.4 is 4.90 Å². The van der Waals surface area contributed by atoms with Gasteiger partial charge in [0.15, 0.2) is 0 Å². The zero-order valence-electron chi connectivity index (χ0n) is 10.0. The zero-order valence-corrected chi connectivity index (χ0v) is 10.0. The van der Waals surface area contributed by atoms with Crippen LogP contribution in [0.25, 0.3) is 10.8 Å². The van der Waals surface area contributed by atoms with Gasteiger partial charge in [-0.3, -0.25) is 4.98 Å². The molecule has 3 heterocycles. The molecule has 1 saturated heterocycles. The summed E-state index contributed by atoms with van der Waals surface area (Å²) in [6, 6.07) is 4.07. The molecule has 0 aromatic carbocycles. The minimum atomic E-state index is 1.05. The van der Waals surface area contributed by atoms with Crippen molar-refractivity contribution in [2.24, 2.45) is 0 Å². The average Bonchev–Trinajstić information content (AvgIpc) is 2.39. The van der Waals surface area contributed by atoms with Crippen LogP contribution >= 0.6 is 0 Å². The highest BCUT2D eigenvalue weighted by Gasteiger charge is 2.16. The summed E-state index contributed by atoms with van der Waals surface area (Å²) in [6.07, 6.45) is 5.61. The summed E-state index contributed by atoms with van der Waals surface area (Å²) in [5, 5.41) is 2.36. The first-order valence-electron chi connectivity index (χ1n) is 5.97. The van der Waals surface area contributed by atoms with Gasteiger partial charge in [0, 0.05) is 55.5 Å². The van der Waals surface area contributed by atoms with Crippen LogP contribution in [0.2, 0.25) is 0 Å². The van der Waals surface area contributed by atoms with E-state index in [1.165, 1.54) is 5.39 Å². The molecule has 0 radical (unpaired) electrons. The van der Waals surface area contributed by atoms with Gasteiger partial charge in [0.1, 0.15) is 5.82 Å². The number of hydrogen-bond acceptors (Lipinski definition) is 4. The summed E-state index contributed by atoms with van der Waals surface area (Å²) in [5.41, 5.74) is 0. The van der Waals surface area contributed by atoms with Crippen molar-refractivity contribution in [2.45, 2.75) is 0 Å². The lowest BCUT2D eigenvalue weighted by Crippen LogP contribution is -2.44. The van der Waals surface area contributed by atoms with Gasteiger partial charge in [-0.15, -0.1) is 0 Å². The highest BCUT2D eigenvalue weighted by molar-refractivity contribution is 5.91. The number of likely N-dealkylation sites (N-methyl/N-ethyl adjacent to an activating group) is 1. The van der Waals surface area contributed by atoms with Crippen LogP contribution in [0.3, 0.4) is 0 Å².